The predicted molar refractivity (Wildman–Crippen MR) is 134 cm³/mol. The number of pyridine rings is 1. The first-order chi connectivity index (χ1) is 16.0. The zero-order valence-electron chi connectivity index (χ0n) is 19.7. The smallest absolute Gasteiger partial charge is 0.339 e. The van der Waals surface area contributed by atoms with E-state index in [1.54, 1.807) is 6.20 Å². The number of nitrogens with zero attached hydrogens (tertiary/aromatic N) is 3. The Bertz CT molecular complexity index is 1100. The fourth-order valence-corrected chi connectivity index (χ4v) is 4.85. The molecule has 0 spiro atoms. The summed E-state index contributed by atoms with van der Waals surface area (Å²) in [6, 6.07) is 21.4. The number of aromatic nitrogens is 1. The Morgan fingerprint density at radius 3 is 2.58 bits per heavy atom. The van der Waals surface area contributed by atoms with Crippen LogP contribution in [-0.4, -0.2) is 46.6 Å². The van der Waals surface area contributed by atoms with Crippen LogP contribution in [-0.2, 0) is 6.54 Å². The van der Waals surface area contributed by atoms with E-state index in [2.05, 4.69) is 70.2 Å². The van der Waals surface area contributed by atoms with E-state index >= 15 is 0 Å². The first-order valence-corrected chi connectivity index (χ1v) is 11.8. The Hall–Kier alpha value is -3.18. The number of carboxylic acid groups (broad SMARTS) is 1. The van der Waals surface area contributed by atoms with Gasteiger partial charge in [-0.15, -0.1) is 0 Å². The number of hydrogen-bond acceptors (Lipinski definition) is 4. The highest BCUT2D eigenvalue weighted by atomic mass is 16.4. The fourth-order valence-electron chi connectivity index (χ4n) is 4.85. The molecule has 1 fully saturated rings. The van der Waals surface area contributed by atoms with Crippen molar-refractivity contribution in [1.82, 2.24) is 9.88 Å². The van der Waals surface area contributed by atoms with Crippen LogP contribution in [0.1, 0.15) is 54.6 Å². The van der Waals surface area contributed by atoms with E-state index in [0.29, 0.717) is 17.4 Å². The molecule has 0 saturated carbocycles. The van der Waals surface area contributed by atoms with Gasteiger partial charge in [0, 0.05) is 31.9 Å². The van der Waals surface area contributed by atoms with Crippen LogP contribution in [0.5, 0.6) is 0 Å². The van der Waals surface area contributed by atoms with Gasteiger partial charge in [0.1, 0.15) is 11.4 Å². The highest BCUT2D eigenvalue weighted by molar-refractivity contribution is 5.95. The van der Waals surface area contributed by atoms with Gasteiger partial charge in [0.05, 0.1) is 0 Å². The second-order valence-corrected chi connectivity index (χ2v) is 9.08. The van der Waals surface area contributed by atoms with Gasteiger partial charge in [0.15, 0.2) is 0 Å². The van der Waals surface area contributed by atoms with E-state index in [9.17, 15) is 9.90 Å². The second-order valence-electron chi connectivity index (χ2n) is 9.08. The first-order valence-electron chi connectivity index (χ1n) is 11.8. The zero-order valence-corrected chi connectivity index (χ0v) is 19.7. The maximum Gasteiger partial charge on any atom is 0.339 e. The van der Waals surface area contributed by atoms with E-state index in [4.69, 9.17) is 0 Å². The molecule has 1 aromatic heterocycles. The standard InChI is InChI=1S/C28H33N3O2/c1-4-30(18-21-9-8-12-23(17-21)22-10-6-5-7-11-22)24-14-16-31(19-24)27-26(28(32)33)25(20(2)3)13-15-29-27/h5-13,15,17,20,24H,4,14,16,18-19H2,1-3H3,(H,32,33)/t24-/m1/s1. The summed E-state index contributed by atoms with van der Waals surface area (Å²) in [5.41, 5.74) is 4.96. The molecule has 33 heavy (non-hydrogen) atoms. The number of carboxylic acids is 1. The third-order valence-electron chi connectivity index (χ3n) is 6.60. The third-order valence-corrected chi connectivity index (χ3v) is 6.60. The molecule has 172 valence electrons. The molecule has 2 aromatic carbocycles. The molecule has 5 heteroatoms. The van der Waals surface area contributed by atoms with Gasteiger partial charge in [-0.3, -0.25) is 4.90 Å². The number of rotatable bonds is 8. The van der Waals surface area contributed by atoms with Gasteiger partial charge in [-0.2, -0.15) is 0 Å². The lowest BCUT2D eigenvalue weighted by Gasteiger charge is -2.28. The summed E-state index contributed by atoms with van der Waals surface area (Å²) in [6.45, 7) is 9.69. The largest absolute Gasteiger partial charge is 0.478 e. The van der Waals surface area contributed by atoms with E-state index in [0.717, 1.165) is 38.2 Å². The number of carbonyl (C=O) groups is 1. The monoisotopic (exact) mass is 443 g/mol. The summed E-state index contributed by atoms with van der Waals surface area (Å²) in [6.07, 6.45) is 2.75. The van der Waals surface area contributed by atoms with Crippen LogP contribution < -0.4 is 4.90 Å². The summed E-state index contributed by atoms with van der Waals surface area (Å²) >= 11 is 0. The van der Waals surface area contributed by atoms with Crippen molar-refractivity contribution >= 4 is 11.8 Å². The highest BCUT2D eigenvalue weighted by Gasteiger charge is 2.31. The van der Waals surface area contributed by atoms with Crippen LogP contribution in [0.25, 0.3) is 11.1 Å². The van der Waals surface area contributed by atoms with Crippen LogP contribution in [0, 0.1) is 0 Å². The zero-order chi connectivity index (χ0) is 23.4. The molecule has 3 aromatic rings. The highest BCUT2D eigenvalue weighted by Crippen LogP contribution is 2.30. The molecule has 0 aliphatic carbocycles. The van der Waals surface area contributed by atoms with Gasteiger partial charge in [-0.25, -0.2) is 9.78 Å². The summed E-state index contributed by atoms with van der Waals surface area (Å²) in [4.78, 5) is 21.2. The van der Waals surface area contributed by atoms with Crippen LogP contribution in [0.15, 0.2) is 66.9 Å². The Morgan fingerprint density at radius 2 is 1.88 bits per heavy atom. The summed E-state index contributed by atoms with van der Waals surface area (Å²) in [5, 5.41) is 9.91. The molecule has 0 unspecified atom stereocenters. The number of anilines is 1. The van der Waals surface area contributed by atoms with E-state index in [-0.39, 0.29) is 5.92 Å². The molecule has 1 atom stereocenters. The maximum absolute atomic E-state index is 12.1. The average Bonchev–Trinajstić information content (AvgIpc) is 3.32. The average molecular weight is 444 g/mol. The van der Waals surface area contributed by atoms with Crippen molar-refractivity contribution < 1.29 is 9.90 Å². The van der Waals surface area contributed by atoms with Crippen molar-refractivity contribution in [3.05, 3.63) is 83.6 Å². The minimum atomic E-state index is -0.893. The molecular formula is C28H33N3O2. The van der Waals surface area contributed by atoms with Crippen molar-refractivity contribution in [1.29, 1.82) is 0 Å². The molecule has 1 saturated heterocycles. The van der Waals surface area contributed by atoms with Gasteiger partial charge in [-0.1, -0.05) is 69.3 Å². The van der Waals surface area contributed by atoms with Crippen molar-refractivity contribution in [2.24, 2.45) is 0 Å². The Labute approximate surface area is 196 Å². The molecule has 0 radical (unpaired) electrons. The molecule has 4 rings (SSSR count). The number of benzene rings is 2. The first kappa shape index (κ1) is 23.0. The maximum atomic E-state index is 12.1. The molecule has 1 aliphatic rings. The number of hydrogen-bond donors (Lipinski definition) is 1. The topological polar surface area (TPSA) is 56.7 Å². The van der Waals surface area contributed by atoms with Gasteiger partial charge < -0.3 is 10.0 Å². The van der Waals surface area contributed by atoms with Gasteiger partial charge in [0.25, 0.3) is 0 Å². The van der Waals surface area contributed by atoms with Gasteiger partial charge in [-0.05, 0) is 53.3 Å². The second kappa shape index (κ2) is 10.2. The molecular weight excluding hydrogens is 410 g/mol. The SMILES string of the molecule is CCN(Cc1cccc(-c2ccccc2)c1)[C@@H]1CCN(c2nccc(C(C)C)c2C(=O)O)C1. The Kier molecular flexibility index (Phi) is 7.09. The Morgan fingerprint density at radius 1 is 1.12 bits per heavy atom. The molecule has 2 heterocycles. The minimum absolute atomic E-state index is 0.139. The molecule has 1 aliphatic heterocycles. The minimum Gasteiger partial charge on any atom is -0.478 e. The van der Waals surface area contributed by atoms with Crippen LogP contribution >= 0.6 is 0 Å². The molecule has 0 amide bonds. The Balaban J connectivity index is 1.51. The van der Waals surface area contributed by atoms with Crippen molar-refractivity contribution in [3.8, 4) is 11.1 Å². The molecule has 1 N–H and O–H groups in total. The predicted octanol–water partition coefficient (Wildman–Crippen LogP) is 5.67. The van der Waals surface area contributed by atoms with E-state index in [1.165, 1.54) is 16.7 Å². The van der Waals surface area contributed by atoms with Gasteiger partial charge >= 0.3 is 5.97 Å². The third kappa shape index (κ3) is 5.09. The summed E-state index contributed by atoms with van der Waals surface area (Å²) < 4.78 is 0. The lowest BCUT2D eigenvalue weighted by atomic mass is 9.98. The van der Waals surface area contributed by atoms with Crippen molar-refractivity contribution in [3.63, 3.8) is 0 Å². The van der Waals surface area contributed by atoms with Crippen LogP contribution in [0.4, 0.5) is 5.82 Å². The van der Waals surface area contributed by atoms with E-state index in [1.807, 2.05) is 26.0 Å². The van der Waals surface area contributed by atoms with Gasteiger partial charge in [0.2, 0.25) is 0 Å². The van der Waals surface area contributed by atoms with Crippen molar-refractivity contribution in [2.45, 2.75) is 45.7 Å². The van der Waals surface area contributed by atoms with Crippen LogP contribution in [0.3, 0.4) is 0 Å². The van der Waals surface area contributed by atoms with E-state index < -0.39 is 5.97 Å². The summed E-state index contributed by atoms with van der Waals surface area (Å²) in [7, 11) is 0. The molecule has 0 bridgehead atoms. The van der Waals surface area contributed by atoms with Crippen LogP contribution in [0.2, 0.25) is 0 Å². The normalized spacial score (nSPS) is 16.0. The lowest BCUT2D eigenvalue weighted by Crippen LogP contribution is -2.37. The quantitative estimate of drug-likeness (QED) is 0.486. The van der Waals surface area contributed by atoms with Crippen molar-refractivity contribution in [2.75, 3.05) is 24.5 Å². The lowest BCUT2D eigenvalue weighted by molar-refractivity contribution is 0.0695. The fraction of sp³-hybridized carbons (Fsp3) is 0.357. The number of aromatic carboxylic acids is 1. The number of likely N-dealkylation sites (N-methyl/N-ethyl adjacent to an activating group) is 1. The molecule has 5 nitrogen and oxygen atoms in total. The summed E-state index contributed by atoms with van der Waals surface area (Å²) in [5.74, 6) is -0.145.